The van der Waals surface area contributed by atoms with E-state index in [0.29, 0.717) is 24.7 Å². The number of amides is 1. The Morgan fingerprint density at radius 3 is 2.81 bits per heavy atom. The van der Waals surface area contributed by atoms with Crippen molar-refractivity contribution in [1.82, 2.24) is 24.4 Å². The van der Waals surface area contributed by atoms with E-state index in [2.05, 4.69) is 23.8 Å². The summed E-state index contributed by atoms with van der Waals surface area (Å²) in [5.74, 6) is 0.125. The molecule has 5 rings (SSSR count). The van der Waals surface area contributed by atoms with Gasteiger partial charge in [0.25, 0.3) is 5.56 Å². The van der Waals surface area contributed by atoms with Gasteiger partial charge < -0.3 is 4.90 Å². The first-order valence-electron chi connectivity index (χ1n) is 11.2. The highest BCUT2D eigenvalue weighted by Crippen LogP contribution is 2.32. The molecule has 3 aromatic rings. The van der Waals surface area contributed by atoms with Gasteiger partial charge in [-0.3, -0.25) is 19.6 Å². The smallest absolute Gasteiger partial charge is 0.277 e. The predicted octanol–water partition coefficient (Wildman–Crippen LogP) is 2.70. The van der Waals surface area contributed by atoms with Crippen molar-refractivity contribution in [3.8, 4) is 0 Å². The molecule has 1 fully saturated rings. The van der Waals surface area contributed by atoms with Crippen LogP contribution in [0.5, 0.6) is 0 Å². The van der Waals surface area contributed by atoms with Gasteiger partial charge in [0.1, 0.15) is 0 Å². The second-order valence-electron chi connectivity index (χ2n) is 8.97. The monoisotopic (exact) mass is 419 g/mol. The maximum Gasteiger partial charge on any atom is 0.277 e. The molecule has 0 aliphatic carbocycles. The summed E-state index contributed by atoms with van der Waals surface area (Å²) in [5.41, 5.74) is 4.25. The van der Waals surface area contributed by atoms with Gasteiger partial charge in [-0.15, -0.1) is 0 Å². The minimum absolute atomic E-state index is 0.0169. The number of rotatable bonds is 4. The molecule has 1 aromatic carbocycles. The summed E-state index contributed by atoms with van der Waals surface area (Å²) < 4.78 is 1.57. The highest BCUT2D eigenvalue weighted by molar-refractivity contribution is 5.79. The third kappa shape index (κ3) is 3.67. The standard InChI is InChI=1S/C24H29N5O2/c1-16(2)27-12-10-19-18(15-27)24(31)29-22(25-19)14-20(26-29)21-9-6-11-28(21)23(30)13-17-7-4-3-5-8-17/h3-5,7-8,14,16,21,26H,6,9-13,15H2,1-2H3. The van der Waals surface area contributed by atoms with E-state index in [9.17, 15) is 9.59 Å². The molecule has 2 aliphatic rings. The molecule has 31 heavy (non-hydrogen) atoms. The quantitative estimate of drug-likeness (QED) is 0.706. The number of nitrogens with one attached hydrogen (secondary N) is 1. The Labute approximate surface area is 181 Å². The summed E-state index contributed by atoms with van der Waals surface area (Å²) in [4.78, 5) is 35.3. The van der Waals surface area contributed by atoms with Gasteiger partial charge in [0, 0.05) is 38.2 Å². The number of carbonyl (C=O) groups is 1. The molecular weight excluding hydrogens is 390 g/mol. The topological polar surface area (TPSA) is 73.7 Å². The van der Waals surface area contributed by atoms with Gasteiger partial charge in [0.05, 0.1) is 29.4 Å². The molecule has 2 aromatic heterocycles. The zero-order valence-electron chi connectivity index (χ0n) is 18.2. The Bertz CT molecular complexity index is 1160. The Hall–Kier alpha value is -2.93. The maximum absolute atomic E-state index is 13.2. The van der Waals surface area contributed by atoms with Crippen molar-refractivity contribution in [2.75, 3.05) is 13.1 Å². The van der Waals surface area contributed by atoms with Crippen molar-refractivity contribution in [2.24, 2.45) is 0 Å². The van der Waals surface area contributed by atoms with Crippen LogP contribution in [-0.2, 0) is 24.2 Å². The Balaban J connectivity index is 1.44. The second-order valence-corrected chi connectivity index (χ2v) is 8.97. The minimum Gasteiger partial charge on any atom is -0.334 e. The van der Waals surface area contributed by atoms with Gasteiger partial charge in [-0.1, -0.05) is 30.3 Å². The number of aromatic amines is 1. The third-order valence-electron chi connectivity index (χ3n) is 6.67. The van der Waals surface area contributed by atoms with E-state index in [4.69, 9.17) is 4.98 Å². The summed E-state index contributed by atoms with van der Waals surface area (Å²) >= 11 is 0. The van der Waals surface area contributed by atoms with Crippen molar-refractivity contribution in [3.05, 3.63) is 69.3 Å². The Morgan fingerprint density at radius 2 is 2.03 bits per heavy atom. The number of hydrogen-bond donors (Lipinski definition) is 1. The summed E-state index contributed by atoms with van der Waals surface area (Å²) in [5, 5.41) is 3.28. The van der Waals surface area contributed by atoms with E-state index in [-0.39, 0.29) is 17.5 Å². The number of fused-ring (bicyclic) bond motifs is 2. The first-order valence-corrected chi connectivity index (χ1v) is 11.2. The zero-order valence-corrected chi connectivity index (χ0v) is 18.2. The lowest BCUT2D eigenvalue weighted by atomic mass is 10.1. The highest BCUT2D eigenvalue weighted by atomic mass is 16.2. The number of likely N-dealkylation sites (tertiary alicyclic amines) is 1. The zero-order chi connectivity index (χ0) is 21.5. The lowest BCUT2D eigenvalue weighted by molar-refractivity contribution is -0.131. The molecule has 4 heterocycles. The van der Waals surface area contributed by atoms with Crippen LogP contribution in [0.4, 0.5) is 0 Å². The number of H-pyrrole nitrogens is 1. The number of carbonyl (C=O) groups excluding carboxylic acids is 1. The molecule has 0 spiro atoms. The lowest BCUT2D eigenvalue weighted by Gasteiger charge is -2.30. The van der Waals surface area contributed by atoms with Gasteiger partial charge in [-0.05, 0) is 32.3 Å². The average Bonchev–Trinajstić information content (AvgIpc) is 3.41. The molecule has 7 heteroatoms. The first kappa shape index (κ1) is 20.0. The molecular formula is C24H29N5O2. The predicted molar refractivity (Wildman–Crippen MR) is 119 cm³/mol. The molecule has 1 unspecified atom stereocenters. The highest BCUT2D eigenvalue weighted by Gasteiger charge is 2.32. The van der Waals surface area contributed by atoms with Crippen molar-refractivity contribution in [1.29, 1.82) is 0 Å². The van der Waals surface area contributed by atoms with E-state index < -0.39 is 0 Å². The van der Waals surface area contributed by atoms with Crippen LogP contribution in [0.3, 0.4) is 0 Å². The molecule has 0 bridgehead atoms. The Morgan fingerprint density at radius 1 is 1.23 bits per heavy atom. The van der Waals surface area contributed by atoms with Crippen molar-refractivity contribution in [3.63, 3.8) is 0 Å². The van der Waals surface area contributed by atoms with E-state index in [0.717, 1.165) is 54.9 Å². The largest absolute Gasteiger partial charge is 0.334 e. The summed E-state index contributed by atoms with van der Waals surface area (Å²) in [6.45, 7) is 6.62. The Kier molecular flexibility index (Phi) is 5.14. The molecule has 0 radical (unpaired) electrons. The van der Waals surface area contributed by atoms with Crippen molar-refractivity contribution >= 4 is 11.6 Å². The molecule has 1 amide bonds. The van der Waals surface area contributed by atoms with Crippen LogP contribution in [-0.4, -0.2) is 49.4 Å². The fourth-order valence-corrected chi connectivity index (χ4v) is 4.89. The lowest BCUT2D eigenvalue weighted by Crippen LogP contribution is -2.40. The normalized spacial score (nSPS) is 19.3. The number of nitrogens with zero attached hydrogens (tertiary/aromatic N) is 4. The van der Waals surface area contributed by atoms with E-state index in [1.807, 2.05) is 41.3 Å². The molecule has 162 valence electrons. The third-order valence-corrected chi connectivity index (χ3v) is 6.67. The minimum atomic E-state index is -0.0403. The van der Waals surface area contributed by atoms with Crippen LogP contribution in [0.25, 0.3) is 5.65 Å². The molecule has 1 atom stereocenters. The van der Waals surface area contributed by atoms with Crippen LogP contribution in [0.1, 0.15) is 55.2 Å². The number of benzene rings is 1. The van der Waals surface area contributed by atoms with Gasteiger partial charge >= 0.3 is 0 Å². The second kappa shape index (κ2) is 7.96. The van der Waals surface area contributed by atoms with Gasteiger partial charge in [0.2, 0.25) is 5.91 Å². The summed E-state index contributed by atoms with van der Waals surface area (Å²) in [7, 11) is 0. The molecule has 7 nitrogen and oxygen atoms in total. The molecule has 0 saturated carbocycles. The van der Waals surface area contributed by atoms with Crippen molar-refractivity contribution < 1.29 is 4.79 Å². The SMILES string of the molecule is CC(C)N1CCc2nc3cc(C4CCCN4C(=O)Cc4ccccc4)[nH]n3c(=O)c2C1. The van der Waals surface area contributed by atoms with Gasteiger partial charge in [-0.25, -0.2) is 9.50 Å². The molecule has 2 aliphatic heterocycles. The number of hydrogen-bond acceptors (Lipinski definition) is 4. The van der Waals surface area contributed by atoms with E-state index in [1.54, 1.807) is 4.52 Å². The maximum atomic E-state index is 13.2. The van der Waals surface area contributed by atoms with Crippen LogP contribution in [0.2, 0.25) is 0 Å². The van der Waals surface area contributed by atoms with Crippen LogP contribution in [0, 0.1) is 0 Å². The van der Waals surface area contributed by atoms with Crippen LogP contribution < -0.4 is 5.56 Å². The van der Waals surface area contributed by atoms with Crippen LogP contribution in [0.15, 0.2) is 41.2 Å². The molecule has 1 N–H and O–H groups in total. The fourth-order valence-electron chi connectivity index (χ4n) is 4.89. The average molecular weight is 420 g/mol. The van der Waals surface area contributed by atoms with Crippen molar-refractivity contribution in [2.45, 2.75) is 58.2 Å². The first-order chi connectivity index (χ1) is 15.0. The van der Waals surface area contributed by atoms with Gasteiger partial charge in [-0.2, -0.15) is 0 Å². The molecule has 1 saturated heterocycles. The number of aromatic nitrogens is 3. The summed E-state index contributed by atoms with van der Waals surface area (Å²) in [6.07, 6.45) is 3.05. The summed E-state index contributed by atoms with van der Waals surface area (Å²) in [6, 6.07) is 12.2. The van der Waals surface area contributed by atoms with E-state index >= 15 is 0 Å². The van der Waals surface area contributed by atoms with Crippen LogP contribution >= 0.6 is 0 Å². The van der Waals surface area contributed by atoms with E-state index in [1.165, 1.54) is 0 Å². The fraction of sp³-hybridized carbons (Fsp3) is 0.458. The van der Waals surface area contributed by atoms with Gasteiger partial charge in [0.15, 0.2) is 5.65 Å².